The molecule has 5 nitrogen and oxygen atoms in total. The minimum absolute atomic E-state index is 0.289. The van der Waals surface area contributed by atoms with Gasteiger partial charge in [0.05, 0.1) is 19.5 Å². The largest absolute Gasteiger partial charge is 0.464 e. The third-order valence-corrected chi connectivity index (χ3v) is 3.69. The highest BCUT2D eigenvalue weighted by molar-refractivity contribution is 5.87. The molecule has 1 aromatic rings. The highest BCUT2D eigenvalue weighted by atomic mass is 16.5. The monoisotopic (exact) mass is 261 g/mol. The second-order valence-electron chi connectivity index (χ2n) is 5.55. The molecule has 2 aliphatic rings. The Bertz CT molecular complexity index is 456. The number of rotatable bonds is 6. The normalized spacial score (nSPS) is 18.2. The number of methoxy groups -OCH3 is 1. The van der Waals surface area contributed by atoms with E-state index in [1.165, 1.54) is 39.0 Å². The summed E-state index contributed by atoms with van der Waals surface area (Å²) in [7, 11) is 1.36. The Balaban J connectivity index is 1.76. The maximum atomic E-state index is 11.5. The van der Waals surface area contributed by atoms with Crippen molar-refractivity contribution in [1.29, 1.82) is 0 Å². The molecule has 0 spiro atoms. The third kappa shape index (κ3) is 3.22. The standard InChI is InChI=1S/C14H19N3O2/c1-19-14(18)12-6-15-7-13(16-12)17(8-10-2-3-10)9-11-4-5-11/h6-7,10-11H,2-5,8-9H2,1H3. The molecule has 102 valence electrons. The zero-order valence-electron chi connectivity index (χ0n) is 11.2. The van der Waals surface area contributed by atoms with Crippen molar-refractivity contribution in [3.05, 3.63) is 18.1 Å². The van der Waals surface area contributed by atoms with Crippen LogP contribution < -0.4 is 4.90 Å². The number of aromatic nitrogens is 2. The van der Waals surface area contributed by atoms with Gasteiger partial charge in [0.1, 0.15) is 5.82 Å². The average Bonchev–Trinajstić information content (AvgIpc) is 3.32. The van der Waals surface area contributed by atoms with Crippen LogP contribution >= 0.6 is 0 Å². The fraction of sp³-hybridized carbons (Fsp3) is 0.643. The molecule has 2 fully saturated rings. The molecule has 0 aliphatic heterocycles. The van der Waals surface area contributed by atoms with Crippen molar-refractivity contribution in [3.63, 3.8) is 0 Å². The Morgan fingerprint density at radius 2 is 1.89 bits per heavy atom. The van der Waals surface area contributed by atoms with Gasteiger partial charge in [-0.1, -0.05) is 0 Å². The molecule has 0 amide bonds. The van der Waals surface area contributed by atoms with Crippen LogP contribution in [0, 0.1) is 11.8 Å². The summed E-state index contributed by atoms with van der Waals surface area (Å²) >= 11 is 0. The lowest BCUT2D eigenvalue weighted by Gasteiger charge is -2.23. The number of ether oxygens (including phenoxy) is 1. The first-order valence-electron chi connectivity index (χ1n) is 6.91. The van der Waals surface area contributed by atoms with Crippen molar-refractivity contribution in [3.8, 4) is 0 Å². The number of anilines is 1. The second kappa shape index (κ2) is 5.15. The summed E-state index contributed by atoms with van der Waals surface area (Å²) in [6.07, 6.45) is 8.45. The Morgan fingerprint density at radius 1 is 1.26 bits per heavy atom. The Kier molecular flexibility index (Phi) is 3.36. The van der Waals surface area contributed by atoms with Gasteiger partial charge >= 0.3 is 5.97 Å². The molecular formula is C14H19N3O2. The van der Waals surface area contributed by atoms with E-state index in [4.69, 9.17) is 4.74 Å². The van der Waals surface area contributed by atoms with Gasteiger partial charge in [0.2, 0.25) is 0 Å². The van der Waals surface area contributed by atoms with E-state index in [1.807, 2.05) is 0 Å². The van der Waals surface area contributed by atoms with Gasteiger partial charge in [-0.15, -0.1) is 0 Å². The molecule has 1 heterocycles. The summed E-state index contributed by atoms with van der Waals surface area (Å²) in [6.45, 7) is 2.08. The minimum Gasteiger partial charge on any atom is -0.464 e. The van der Waals surface area contributed by atoms with Crippen LogP contribution in [-0.4, -0.2) is 36.1 Å². The van der Waals surface area contributed by atoms with E-state index in [2.05, 4.69) is 14.9 Å². The summed E-state index contributed by atoms with van der Waals surface area (Å²) in [5.74, 6) is 1.97. The van der Waals surface area contributed by atoms with Crippen LogP contribution in [0.1, 0.15) is 36.2 Å². The first-order chi connectivity index (χ1) is 9.26. The van der Waals surface area contributed by atoms with Crippen molar-refractivity contribution in [1.82, 2.24) is 9.97 Å². The van der Waals surface area contributed by atoms with Gasteiger partial charge in [0.15, 0.2) is 5.69 Å². The number of carbonyl (C=O) groups is 1. The highest BCUT2D eigenvalue weighted by Gasteiger charge is 2.30. The van der Waals surface area contributed by atoms with Crippen molar-refractivity contribution in [2.45, 2.75) is 25.7 Å². The zero-order chi connectivity index (χ0) is 13.2. The molecule has 2 saturated carbocycles. The lowest BCUT2D eigenvalue weighted by Crippen LogP contribution is -2.29. The van der Waals surface area contributed by atoms with E-state index < -0.39 is 5.97 Å². The Hall–Kier alpha value is -1.65. The minimum atomic E-state index is -0.424. The molecule has 2 aliphatic carbocycles. The number of carbonyl (C=O) groups excluding carboxylic acids is 1. The van der Waals surface area contributed by atoms with Crippen LogP contribution in [0.2, 0.25) is 0 Å². The maximum Gasteiger partial charge on any atom is 0.358 e. The Morgan fingerprint density at radius 3 is 2.42 bits per heavy atom. The summed E-state index contributed by atoms with van der Waals surface area (Å²) in [4.78, 5) is 22.3. The molecule has 0 saturated heterocycles. The maximum absolute atomic E-state index is 11.5. The lowest BCUT2D eigenvalue weighted by molar-refractivity contribution is 0.0593. The van der Waals surface area contributed by atoms with Crippen LogP contribution in [0.15, 0.2) is 12.4 Å². The van der Waals surface area contributed by atoms with Gasteiger partial charge in [-0.25, -0.2) is 9.78 Å². The molecule has 19 heavy (non-hydrogen) atoms. The highest BCUT2D eigenvalue weighted by Crippen LogP contribution is 2.35. The van der Waals surface area contributed by atoms with Gasteiger partial charge in [-0.05, 0) is 37.5 Å². The van der Waals surface area contributed by atoms with E-state index in [-0.39, 0.29) is 5.69 Å². The Labute approximate surface area is 113 Å². The van der Waals surface area contributed by atoms with Gasteiger partial charge in [0, 0.05) is 13.1 Å². The van der Waals surface area contributed by atoms with Crippen molar-refractivity contribution >= 4 is 11.8 Å². The van der Waals surface area contributed by atoms with E-state index in [0.29, 0.717) is 0 Å². The molecule has 0 aromatic carbocycles. The van der Waals surface area contributed by atoms with Gasteiger partial charge in [-0.3, -0.25) is 4.98 Å². The smallest absolute Gasteiger partial charge is 0.358 e. The molecule has 3 rings (SSSR count). The SMILES string of the molecule is COC(=O)c1cncc(N(CC2CC2)CC2CC2)n1. The molecule has 0 N–H and O–H groups in total. The van der Waals surface area contributed by atoms with Crippen LogP contribution in [0.3, 0.4) is 0 Å². The van der Waals surface area contributed by atoms with E-state index in [1.54, 1.807) is 6.20 Å². The van der Waals surface area contributed by atoms with Crippen LogP contribution in [0.5, 0.6) is 0 Å². The quantitative estimate of drug-likeness (QED) is 0.732. The van der Waals surface area contributed by atoms with Gasteiger partial charge in [-0.2, -0.15) is 0 Å². The molecule has 0 unspecified atom stereocenters. The number of nitrogens with zero attached hydrogens (tertiary/aromatic N) is 3. The molecule has 1 aromatic heterocycles. The summed E-state index contributed by atoms with van der Waals surface area (Å²) < 4.78 is 4.70. The van der Waals surface area contributed by atoms with E-state index in [9.17, 15) is 4.79 Å². The number of esters is 1. The first-order valence-corrected chi connectivity index (χ1v) is 6.91. The van der Waals surface area contributed by atoms with Crippen molar-refractivity contribution in [2.24, 2.45) is 11.8 Å². The molecule has 0 bridgehead atoms. The molecule has 0 radical (unpaired) electrons. The lowest BCUT2D eigenvalue weighted by atomic mass is 10.3. The van der Waals surface area contributed by atoms with Crippen LogP contribution in [-0.2, 0) is 4.74 Å². The summed E-state index contributed by atoms with van der Waals surface area (Å²) in [5, 5.41) is 0. The molecule has 0 atom stereocenters. The third-order valence-electron chi connectivity index (χ3n) is 3.69. The molecule has 5 heteroatoms. The molecular weight excluding hydrogens is 242 g/mol. The van der Waals surface area contributed by atoms with E-state index >= 15 is 0 Å². The fourth-order valence-electron chi connectivity index (χ4n) is 2.20. The summed E-state index contributed by atoms with van der Waals surface area (Å²) in [5.41, 5.74) is 0.289. The first kappa shape index (κ1) is 12.4. The second-order valence-corrected chi connectivity index (χ2v) is 5.55. The predicted molar refractivity (Wildman–Crippen MR) is 71.0 cm³/mol. The number of hydrogen-bond donors (Lipinski definition) is 0. The number of hydrogen-bond acceptors (Lipinski definition) is 5. The van der Waals surface area contributed by atoms with Crippen LogP contribution in [0.25, 0.3) is 0 Å². The van der Waals surface area contributed by atoms with Gasteiger partial charge in [0.25, 0.3) is 0 Å². The summed E-state index contributed by atoms with van der Waals surface area (Å²) in [6, 6.07) is 0. The topological polar surface area (TPSA) is 55.3 Å². The predicted octanol–water partition coefficient (Wildman–Crippen LogP) is 1.89. The van der Waals surface area contributed by atoms with Crippen molar-refractivity contribution in [2.75, 3.05) is 25.1 Å². The van der Waals surface area contributed by atoms with Gasteiger partial charge < -0.3 is 9.64 Å². The van der Waals surface area contributed by atoms with Crippen LogP contribution in [0.4, 0.5) is 5.82 Å². The average molecular weight is 261 g/mol. The van der Waals surface area contributed by atoms with Crippen molar-refractivity contribution < 1.29 is 9.53 Å². The van der Waals surface area contributed by atoms with E-state index in [0.717, 1.165) is 30.7 Å². The fourth-order valence-corrected chi connectivity index (χ4v) is 2.20. The zero-order valence-corrected chi connectivity index (χ0v) is 11.2.